The van der Waals surface area contributed by atoms with E-state index < -0.39 is 18.1 Å². The van der Waals surface area contributed by atoms with Crippen molar-refractivity contribution < 1.29 is 23.9 Å². The number of hydroxylamine groups is 1. The number of carbonyl (C=O) groups is 2. The first kappa shape index (κ1) is 25.2. The van der Waals surface area contributed by atoms with Gasteiger partial charge >= 0.3 is 0 Å². The second-order valence-corrected chi connectivity index (χ2v) is 10.2. The van der Waals surface area contributed by atoms with Crippen LogP contribution in [0, 0.1) is 5.92 Å². The number of hydrogen-bond donors (Lipinski definition) is 0. The van der Waals surface area contributed by atoms with Crippen LogP contribution in [0.1, 0.15) is 17.2 Å². The molecule has 0 aromatic heterocycles. The van der Waals surface area contributed by atoms with Gasteiger partial charge in [-0.25, -0.2) is 9.96 Å². The molecule has 0 spiro atoms. The molecule has 0 aliphatic carbocycles. The van der Waals surface area contributed by atoms with E-state index >= 15 is 0 Å². The molecule has 3 atom stereocenters. The van der Waals surface area contributed by atoms with Crippen LogP contribution in [0.5, 0.6) is 11.5 Å². The molecule has 4 aromatic carbocycles. The standard InChI is InChI=1S/C31H25BrN2O5/c1-37-25-17-23(24(32)18-26(25)38-19-20-11-5-2-6-12-20)28-27-29(39-34(28)22-15-9-4-10-16-22)31(36)33(30(27)35)21-13-7-3-8-14-21/h2-18,27-29H,19H2,1H3/t27-,28-,29-/m1/s1. The number of imide groups is 1. The fourth-order valence-corrected chi connectivity index (χ4v) is 5.70. The van der Waals surface area contributed by atoms with Crippen LogP contribution in [-0.4, -0.2) is 25.0 Å². The number of anilines is 2. The van der Waals surface area contributed by atoms with Crippen molar-refractivity contribution in [3.8, 4) is 11.5 Å². The van der Waals surface area contributed by atoms with Crippen LogP contribution in [0.2, 0.25) is 0 Å². The topological polar surface area (TPSA) is 68.3 Å². The normalized spacial score (nSPS) is 20.3. The number of methoxy groups -OCH3 is 1. The predicted molar refractivity (Wildman–Crippen MR) is 150 cm³/mol. The molecule has 2 amide bonds. The minimum Gasteiger partial charge on any atom is -0.493 e. The lowest BCUT2D eigenvalue weighted by Gasteiger charge is -2.29. The highest BCUT2D eigenvalue weighted by Gasteiger charge is 2.60. The van der Waals surface area contributed by atoms with Gasteiger partial charge in [-0.05, 0) is 47.5 Å². The number of benzene rings is 4. The third-order valence-corrected chi connectivity index (χ3v) is 7.67. The first-order valence-electron chi connectivity index (χ1n) is 12.5. The monoisotopic (exact) mass is 584 g/mol. The number of rotatable bonds is 7. The van der Waals surface area contributed by atoms with E-state index in [4.69, 9.17) is 14.3 Å². The Morgan fingerprint density at radius 3 is 2.05 bits per heavy atom. The van der Waals surface area contributed by atoms with Gasteiger partial charge in [0.15, 0.2) is 17.6 Å². The van der Waals surface area contributed by atoms with Gasteiger partial charge in [-0.1, -0.05) is 82.7 Å². The molecule has 2 fully saturated rings. The fraction of sp³-hybridized carbons (Fsp3) is 0.161. The molecule has 0 unspecified atom stereocenters. The van der Waals surface area contributed by atoms with Crippen molar-refractivity contribution in [3.05, 3.63) is 119 Å². The van der Waals surface area contributed by atoms with Gasteiger partial charge in [-0.3, -0.25) is 14.4 Å². The minimum absolute atomic E-state index is 0.310. The van der Waals surface area contributed by atoms with Crippen LogP contribution in [0.3, 0.4) is 0 Å². The average molecular weight is 585 g/mol. The molecule has 2 saturated heterocycles. The summed E-state index contributed by atoms with van der Waals surface area (Å²) in [5.74, 6) is -0.397. The SMILES string of the molecule is COc1cc([C@@H]2[C@H]3C(=O)N(c4ccccc4)C(=O)[C@@H]3ON2c2ccccc2)c(Br)cc1OCc1ccccc1. The molecule has 4 aromatic rings. The third kappa shape index (κ3) is 4.56. The maximum atomic E-state index is 13.9. The lowest BCUT2D eigenvalue weighted by Crippen LogP contribution is -2.37. The largest absolute Gasteiger partial charge is 0.493 e. The van der Waals surface area contributed by atoms with Crippen molar-refractivity contribution in [2.45, 2.75) is 18.8 Å². The first-order chi connectivity index (χ1) is 19.1. The van der Waals surface area contributed by atoms with E-state index in [-0.39, 0.29) is 11.8 Å². The Kier molecular flexibility index (Phi) is 6.81. The molecule has 0 radical (unpaired) electrons. The Morgan fingerprint density at radius 2 is 1.41 bits per heavy atom. The Labute approximate surface area is 234 Å². The van der Waals surface area contributed by atoms with E-state index in [1.54, 1.807) is 36.4 Å². The molecule has 0 N–H and O–H groups in total. The third-order valence-electron chi connectivity index (χ3n) is 6.98. The van der Waals surface area contributed by atoms with E-state index in [0.717, 1.165) is 16.8 Å². The maximum Gasteiger partial charge on any atom is 0.266 e. The summed E-state index contributed by atoms with van der Waals surface area (Å²) in [6, 6.07) is 31.3. The molecule has 39 heavy (non-hydrogen) atoms. The summed E-state index contributed by atoms with van der Waals surface area (Å²) in [4.78, 5) is 34.9. The van der Waals surface area contributed by atoms with Crippen LogP contribution in [0.15, 0.2) is 108 Å². The smallest absolute Gasteiger partial charge is 0.266 e. The van der Waals surface area contributed by atoms with Crippen molar-refractivity contribution in [1.82, 2.24) is 0 Å². The van der Waals surface area contributed by atoms with E-state index in [1.807, 2.05) is 78.9 Å². The second kappa shape index (κ2) is 10.6. The zero-order valence-corrected chi connectivity index (χ0v) is 22.7. The summed E-state index contributed by atoms with van der Waals surface area (Å²) in [5.41, 5.74) is 3.03. The van der Waals surface area contributed by atoms with E-state index in [1.165, 1.54) is 4.90 Å². The Hall–Kier alpha value is -4.14. The van der Waals surface area contributed by atoms with Gasteiger partial charge < -0.3 is 9.47 Å². The van der Waals surface area contributed by atoms with E-state index in [2.05, 4.69) is 15.9 Å². The van der Waals surface area contributed by atoms with Crippen molar-refractivity contribution >= 4 is 39.1 Å². The lowest BCUT2D eigenvalue weighted by atomic mass is 9.90. The number of halogens is 1. The van der Waals surface area contributed by atoms with Gasteiger partial charge in [-0.15, -0.1) is 0 Å². The first-order valence-corrected chi connectivity index (χ1v) is 13.3. The number of ether oxygens (including phenoxy) is 2. The molecule has 7 nitrogen and oxygen atoms in total. The van der Waals surface area contributed by atoms with Crippen LogP contribution in [0.4, 0.5) is 11.4 Å². The molecule has 2 heterocycles. The molecular formula is C31H25BrN2O5. The molecule has 0 bridgehead atoms. The number of carbonyl (C=O) groups excluding carboxylic acids is 2. The highest BCUT2D eigenvalue weighted by molar-refractivity contribution is 9.10. The molecule has 6 rings (SSSR count). The van der Waals surface area contributed by atoms with Gasteiger partial charge in [-0.2, -0.15) is 0 Å². The maximum absolute atomic E-state index is 13.9. The summed E-state index contributed by atoms with van der Waals surface area (Å²) in [6.45, 7) is 0.370. The van der Waals surface area contributed by atoms with E-state index in [9.17, 15) is 9.59 Å². The van der Waals surface area contributed by atoms with Gasteiger partial charge in [0.25, 0.3) is 5.91 Å². The molecule has 8 heteroatoms. The number of nitrogens with zero attached hydrogens (tertiary/aromatic N) is 2. The molecule has 0 saturated carbocycles. The Morgan fingerprint density at radius 1 is 0.795 bits per heavy atom. The molecule has 2 aliphatic heterocycles. The van der Waals surface area contributed by atoms with E-state index in [0.29, 0.717) is 28.3 Å². The lowest BCUT2D eigenvalue weighted by molar-refractivity contribution is -0.126. The number of hydrogen-bond acceptors (Lipinski definition) is 6. The predicted octanol–water partition coefficient (Wildman–Crippen LogP) is 6.09. The van der Waals surface area contributed by atoms with Crippen molar-refractivity contribution in [3.63, 3.8) is 0 Å². The quantitative estimate of drug-likeness (QED) is 0.245. The molecular weight excluding hydrogens is 560 g/mol. The summed E-state index contributed by atoms with van der Waals surface area (Å²) < 4.78 is 12.5. The Balaban J connectivity index is 1.40. The average Bonchev–Trinajstić information content (AvgIpc) is 3.48. The van der Waals surface area contributed by atoms with Crippen LogP contribution in [-0.2, 0) is 21.0 Å². The number of fused-ring (bicyclic) bond motifs is 1. The summed E-state index contributed by atoms with van der Waals surface area (Å²) in [6.07, 6.45) is -0.963. The zero-order chi connectivity index (χ0) is 26.9. The van der Waals surface area contributed by atoms with Gasteiger partial charge in [0.05, 0.1) is 24.5 Å². The van der Waals surface area contributed by atoms with Crippen molar-refractivity contribution in [2.24, 2.45) is 5.92 Å². The molecule has 196 valence electrons. The van der Waals surface area contributed by atoms with Crippen LogP contribution >= 0.6 is 15.9 Å². The second-order valence-electron chi connectivity index (χ2n) is 9.30. The highest BCUT2D eigenvalue weighted by atomic mass is 79.9. The zero-order valence-electron chi connectivity index (χ0n) is 21.1. The number of para-hydroxylation sites is 2. The van der Waals surface area contributed by atoms with Gasteiger partial charge in [0, 0.05) is 4.47 Å². The summed E-state index contributed by atoms with van der Waals surface area (Å²) in [7, 11) is 1.58. The number of amides is 2. The highest BCUT2D eigenvalue weighted by Crippen LogP contribution is 2.50. The van der Waals surface area contributed by atoms with Crippen molar-refractivity contribution in [2.75, 3.05) is 17.1 Å². The summed E-state index contributed by atoms with van der Waals surface area (Å²) >= 11 is 3.71. The van der Waals surface area contributed by atoms with Crippen LogP contribution in [0.25, 0.3) is 0 Å². The fourth-order valence-electron chi connectivity index (χ4n) is 5.15. The van der Waals surface area contributed by atoms with Gasteiger partial charge in [0.1, 0.15) is 12.5 Å². The minimum atomic E-state index is -0.963. The van der Waals surface area contributed by atoms with Gasteiger partial charge in [0.2, 0.25) is 5.91 Å². The van der Waals surface area contributed by atoms with Crippen molar-refractivity contribution in [1.29, 1.82) is 0 Å². The Bertz CT molecular complexity index is 1500. The van der Waals surface area contributed by atoms with Crippen LogP contribution < -0.4 is 19.4 Å². The summed E-state index contributed by atoms with van der Waals surface area (Å²) in [5, 5.41) is 1.66. The molecule has 2 aliphatic rings.